The first-order chi connectivity index (χ1) is 13.7. The summed E-state index contributed by atoms with van der Waals surface area (Å²) in [4.78, 5) is 4.09. The fraction of sp³-hybridized carbons (Fsp3) is 0.158. The lowest BCUT2D eigenvalue weighted by Crippen LogP contribution is -2.05. The number of ether oxygens (including phenoxy) is 2. The van der Waals surface area contributed by atoms with Gasteiger partial charge in [-0.2, -0.15) is 27.2 Å². The lowest BCUT2D eigenvalue weighted by Gasteiger charge is -2.12. The zero-order valence-corrected chi connectivity index (χ0v) is 15.4. The van der Waals surface area contributed by atoms with Crippen molar-refractivity contribution in [1.82, 2.24) is 4.98 Å². The van der Waals surface area contributed by atoms with Gasteiger partial charge >= 0.3 is 12.8 Å². The van der Waals surface area contributed by atoms with Crippen molar-refractivity contribution in [3.63, 3.8) is 0 Å². The number of nitrogens with zero attached hydrogens (tertiary/aromatic N) is 2. The second-order valence-electron chi connectivity index (χ2n) is 5.63. The molecule has 0 radical (unpaired) electrons. The molecule has 0 saturated heterocycles. The lowest BCUT2D eigenvalue weighted by molar-refractivity contribution is -0.137. The zero-order chi connectivity index (χ0) is 21.2. The van der Waals surface area contributed by atoms with Crippen LogP contribution in [-0.4, -0.2) is 18.7 Å². The van der Waals surface area contributed by atoms with Crippen LogP contribution in [0.5, 0.6) is 11.5 Å². The number of hydrogen-bond donors (Lipinski definition) is 0. The number of halogens is 5. The Labute approximate surface area is 165 Å². The molecule has 3 aromatic rings. The number of methoxy groups -OCH3 is 1. The van der Waals surface area contributed by atoms with Crippen molar-refractivity contribution in [1.29, 1.82) is 5.26 Å². The number of rotatable bonds is 5. The van der Waals surface area contributed by atoms with Gasteiger partial charge in [-0.05, 0) is 30.3 Å². The highest BCUT2D eigenvalue weighted by atomic mass is 32.1. The summed E-state index contributed by atoms with van der Waals surface area (Å²) in [7, 11) is 1.28. The highest BCUT2D eigenvalue weighted by molar-refractivity contribution is 7.19. The molecule has 0 fully saturated rings. The molecule has 0 aliphatic carbocycles. The Kier molecular flexibility index (Phi) is 5.70. The summed E-state index contributed by atoms with van der Waals surface area (Å²) in [5.41, 5.74) is -0.663. The minimum absolute atomic E-state index is 0.0212. The molecule has 1 aromatic heterocycles. The lowest BCUT2D eigenvalue weighted by atomic mass is 10.1. The van der Waals surface area contributed by atoms with Gasteiger partial charge in [-0.3, -0.25) is 0 Å². The maximum atomic E-state index is 12.9. The summed E-state index contributed by atoms with van der Waals surface area (Å²) < 4.78 is 74.1. The smallest absolute Gasteiger partial charge is 0.416 e. The van der Waals surface area contributed by atoms with Crippen molar-refractivity contribution < 1.29 is 31.4 Å². The maximum Gasteiger partial charge on any atom is 0.416 e. The van der Waals surface area contributed by atoms with E-state index in [1.165, 1.54) is 37.5 Å². The SMILES string of the molecule is COc1cccc(/C=C(\C#N)c2nc3cc(C(F)(F)F)ccc3s2)c1OC(F)F. The normalized spacial score (nSPS) is 12.3. The average molecular weight is 426 g/mol. The van der Waals surface area contributed by atoms with E-state index in [2.05, 4.69) is 9.72 Å². The predicted molar refractivity (Wildman–Crippen MR) is 97.7 cm³/mol. The van der Waals surface area contributed by atoms with Gasteiger partial charge in [0.25, 0.3) is 0 Å². The van der Waals surface area contributed by atoms with E-state index in [0.29, 0.717) is 4.70 Å². The van der Waals surface area contributed by atoms with Gasteiger partial charge in [-0.25, -0.2) is 4.98 Å². The molecule has 3 rings (SSSR count). The first kappa shape index (κ1) is 20.5. The monoisotopic (exact) mass is 426 g/mol. The summed E-state index contributed by atoms with van der Waals surface area (Å²) in [5.74, 6) is -0.228. The Morgan fingerprint density at radius 2 is 2.00 bits per heavy atom. The molecule has 2 aromatic carbocycles. The molecule has 0 atom stereocenters. The van der Waals surface area contributed by atoms with Crippen LogP contribution in [0.15, 0.2) is 36.4 Å². The largest absolute Gasteiger partial charge is 0.493 e. The van der Waals surface area contributed by atoms with Crippen molar-refractivity contribution in [2.45, 2.75) is 12.8 Å². The van der Waals surface area contributed by atoms with Crippen molar-refractivity contribution in [3.05, 3.63) is 52.5 Å². The van der Waals surface area contributed by atoms with E-state index in [1.807, 2.05) is 6.07 Å². The number of nitriles is 1. The summed E-state index contributed by atoms with van der Waals surface area (Å²) in [6.45, 7) is -3.12. The number of aromatic nitrogens is 1. The molecule has 0 aliphatic rings. The van der Waals surface area contributed by atoms with E-state index in [4.69, 9.17) is 4.74 Å². The maximum absolute atomic E-state index is 12.9. The summed E-state index contributed by atoms with van der Waals surface area (Å²) in [5, 5.41) is 9.64. The molecule has 4 nitrogen and oxygen atoms in total. The van der Waals surface area contributed by atoms with Gasteiger partial charge < -0.3 is 9.47 Å². The Bertz CT molecular complexity index is 1120. The minimum Gasteiger partial charge on any atom is -0.493 e. The van der Waals surface area contributed by atoms with Crippen LogP contribution in [0, 0.1) is 11.3 Å². The molecule has 0 spiro atoms. The van der Waals surface area contributed by atoms with E-state index >= 15 is 0 Å². The molecule has 150 valence electrons. The number of fused-ring (bicyclic) bond motifs is 1. The second-order valence-corrected chi connectivity index (χ2v) is 6.66. The van der Waals surface area contributed by atoms with Crippen LogP contribution in [0.4, 0.5) is 22.0 Å². The van der Waals surface area contributed by atoms with Gasteiger partial charge in [0, 0.05) is 5.56 Å². The Balaban J connectivity index is 2.09. The number of alkyl halides is 5. The summed E-state index contributed by atoms with van der Waals surface area (Å²) in [6.07, 6.45) is -3.25. The zero-order valence-electron chi connectivity index (χ0n) is 14.6. The van der Waals surface area contributed by atoms with Crippen molar-refractivity contribution >= 4 is 33.2 Å². The second kappa shape index (κ2) is 8.05. The van der Waals surface area contributed by atoms with Crippen LogP contribution in [0.1, 0.15) is 16.1 Å². The van der Waals surface area contributed by atoms with Gasteiger partial charge in [0.05, 0.1) is 28.5 Å². The third kappa shape index (κ3) is 4.46. The molecule has 0 unspecified atom stereocenters. The first-order valence-electron chi connectivity index (χ1n) is 7.94. The van der Waals surface area contributed by atoms with E-state index in [-0.39, 0.29) is 33.2 Å². The van der Waals surface area contributed by atoms with E-state index in [0.717, 1.165) is 23.5 Å². The molecule has 29 heavy (non-hydrogen) atoms. The third-order valence-corrected chi connectivity index (χ3v) is 4.87. The van der Waals surface area contributed by atoms with Crippen molar-refractivity contribution in [3.8, 4) is 17.6 Å². The Morgan fingerprint density at radius 1 is 1.24 bits per heavy atom. The van der Waals surface area contributed by atoms with E-state index in [9.17, 15) is 27.2 Å². The molecular weight excluding hydrogens is 415 g/mol. The predicted octanol–water partition coefficient (Wildman–Crippen LogP) is 5.99. The van der Waals surface area contributed by atoms with Gasteiger partial charge in [0.15, 0.2) is 11.5 Å². The average Bonchev–Trinajstić information content (AvgIpc) is 3.09. The van der Waals surface area contributed by atoms with Gasteiger partial charge in [-0.15, -0.1) is 11.3 Å². The van der Waals surface area contributed by atoms with Crippen LogP contribution < -0.4 is 9.47 Å². The van der Waals surface area contributed by atoms with E-state index in [1.54, 1.807) is 0 Å². The van der Waals surface area contributed by atoms with Crippen LogP contribution in [0.2, 0.25) is 0 Å². The quantitative estimate of drug-likeness (QED) is 0.372. The van der Waals surface area contributed by atoms with Gasteiger partial charge in [0.1, 0.15) is 11.1 Å². The third-order valence-electron chi connectivity index (χ3n) is 3.80. The fourth-order valence-corrected chi connectivity index (χ4v) is 3.45. The number of hydrogen-bond acceptors (Lipinski definition) is 5. The molecule has 0 N–H and O–H groups in total. The Hall–Kier alpha value is -3.19. The summed E-state index contributed by atoms with van der Waals surface area (Å²) >= 11 is 1.01. The minimum atomic E-state index is -4.52. The van der Waals surface area contributed by atoms with Crippen LogP contribution in [-0.2, 0) is 6.18 Å². The first-order valence-corrected chi connectivity index (χ1v) is 8.76. The van der Waals surface area contributed by atoms with E-state index < -0.39 is 18.4 Å². The number of benzene rings is 2. The fourth-order valence-electron chi connectivity index (χ4n) is 2.54. The highest BCUT2D eigenvalue weighted by Crippen LogP contribution is 2.37. The van der Waals surface area contributed by atoms with Gasteiger partial charge in [0.2, 0.25) is 0 Å². The van der Waals surface area contributed by atoms with Crippen LogP contribution in [0.3, 0.4) is 0 Å². The standard InChI is InChI=1S/C19H11F5N2O2S/c1-27-14-4-2-3-10(16(14)28-18(20)21)7-11(9-25)17-26-13-8-12(19(22,23)24)5-6-15(13)29-17/h2-8,18H,1H3/b11-7+. The van der Waals surface area contributed by atoms with Crippen molar-refractivity contribution in [2.24, 2.45) is 0 Å². The molecule has 0 aliphatic heterocycles. The Morgan fingerprint density at radius 3 is 2.62 bits per heavy atom. The molecule has 10 heteroatoms. The van der Waals surface area contributed by atoms with Crippen molar-refractivity contribution in [2.75, 3.05) is 7.11 Å². The summed E-state index contributed by atoms with van der Waals surface area (Å²) in [6, 6.07) is 9.35. The number of thiazole rings is 1. The highest BCUT2D eigenvalue weighted by Gasteiger charge is 2.31. The molecule has 1 heterocycles. The molecule has 0 saturated carbocycles. The van der Waals surface area contributed by atoms with Crippen LogP contribution in [0.25, 0.3) is 21.9 Å². The van der Waals surface area contributed by atoms with Crippen LogP contribution >= 0.6 is 11.3 Å². The molecule has 0 amide bonds. The topological polar surface area (TPSA) is 55.1 Å². The molecular formula is C19H11F5N2O2S. The number of allylic oxidation sites excluding steroid dienone is 1. The van der Waals surface area contributed by atoms with Gasteiger partial charge in [-0.1, -0.05) is 12.1 Å². The molecule has 0 bridgehead atoms. The number of para-hydroxylation sites is 1.